The first-order valence-electron chi connectivity index (χ1n) is 18.0. The number of pyridine rings is 1. The maximum atomic E-state index is 5.14. The standard InChI is InChI=1S/C49H32N4S/c1-4-13-33(14-5-1)44-31-45(34-15-6-2-7-16-34)52-48(51-44)37-19-12-18-35(25-37)39-27-40(42-26-38-23-24-54-49(38)50-32-42)29-41(28-39)47-30-36-17-10-11-22-46(36)53(47)43-20-8-3-9-21-43/h1-32H. The number of hydrogen-bond donors (Lipinski definition) is 0. The van der Waals surface area contributed by atoms with Crippen LogP contribution in [0.2, 0.25) is 0 Å². The molecule has 0 saturated heterocycles. The minimum absolute atomic E-state index is 0.685. The molecule has 0 saturated carbocycles. The Morgan fingerprint density at radius 3 is 1.74 bits per heavy atom. The van der Waals surface area contributed by atoms with Gasteiger partial charge in [-0.25, -0.2) is 15.0 Å². The van der Waals surface area contributed by atoms with Gasteiger partial charge in [0.1, 0.15) is 4.83 Å². The van der Waals surface area contributed by atoms with Crippen LogP contribution in [0.3, 0.4) is 0 Å². The van der Waals surface area contributed by atoms with E-state index >= 15 is 0 Å². The molecule has 0 spiro atoms. The Kier molecular flexibility index (Phi) is 7.97. The van der Waals surface area contributed by atoms with Gasteiger partial charge in [0.2, 0.25) is 0 Å². The van der Waals surface area contributed by atoms with Gasteiger partial charge in [-0.1, -0.05) is 115 Å². The normalized spacial score (nSPS) is 11.3. The van der Waals surface area contributed by atoms with Gasteiger partial charge in [0.25, 0.3) is 0 Å². The lowest BCUT2D eigenvalue weighted by Gasteiger charge is -2.15. The second-order valence-electron chi connectivity index (χ2n) is 13.4. The van der Waals surface area contributed by atoms with E-state index in [4.69, 9.17) is 15.0 Å². The zero-order chi connectivity index (χ0) is 35.8. The molecule has 0 aliphatic rings. The highest BCUT2D eigenvalue weighted by molar-refractivity contribution is 7.16. The Morgan fingerprint density at radius 1 is 0.407 bits per heavy atom. The van der Waals surface area contributed by atoms with Crippen molar-refractivity contribution < 1.29 is 0 Å². The number of thiophene rings is 1. The second-order valence-corrected chi connectivity index (χ2v) is 14.3. The van der Waals surface area contributed by atoms with Crippen LogP contribution in [0.1, 0.15) is 0 Å². The molecule has 0 fully saturated rings. The topological polar surface area (TPSA) is 43.6 Å². The monoisotopic (exact) mass is 708 g/mol. The van der Waals surface area contributed by atoms with Crippen LogP contribution >= 0.6 is 11.3 Å². The average molecular weight is 709 g/mol. The molecule has 4 nitrogen and oxygen atoms in total. The van der Waals surface area contributed by atoms with Gasteiger partial charge in [-0.2, -0.15) is 0 Å². The number of nitrogens with zero attached hydrogens (tertiary/aromatic N) is 4. The lowest BCUT2D eigenvalue weighted by Crippen LogP contribution is -1.97. The molecule has 0 aliphatic carbocycles. The molecule has 0 atom stereocenters. The molecule has 5 heteroatoms. The van der Waals surface area contributed by atoms with Crippen LogP contribution in [0.5, 0.6) is 0 Å². The van der Waals surface area contributed by atoms with E-state index in [1.54, 1.807) is 11.3 Å². The number of fused-ring (bicyclic) bond motifs is 2. The SMILES string of the molecule is c1ccc(-c2cc(-c3ccccc3)nc(-c3cccc(-c4cc(-c5cnc6sccc6c5)cc(-c5cc6ccccc6n5-c5ccccc5)c4)c3)n2)cc1. The minimum Gasteiger partial charge on any atom is -0.309 e. The molecule has 6 aromatic carbocycles. The first-order chi connectivity index (χ1) is 26.7. The van der Waals surface area contributed by atoms with Gasteiger partial charge in [-0.05, 0) is 94.4 Å². The summed E-state index contributed by atoms with van der Waals surface area (Å²) in [4.78, 5) is 16.2. The first kappa shape index (κ1) is 31.8. The van der Waals surface area contributed by atoms with Crippen LogP contribution in [0.4, 0.5) is 0 Å². The third-order valence-electron chi connectivity index (χ3n) is 9.91. The maximum Gasteiger partial charge on any atom is 0.160 e. The molecule has 254 valence electrons. The fraction of sp³-hybridized carbons (Fsp3) is 0. The van der Waals surface area contributed by atoms with Crippen LogP contribution in [0.15, 0.2) is 194 Å². The van der Waals surface area contributed by atoms with Crippen LogP contribution in [0, 0.1) is 0 Å². The molecular weight excluding hydrogens is 677 g/mol. The predicted octanol–water partition coefficient (Wildman–Crippen LogP) is 13.0. The van der Waals surface area contributed by atoms with Crippen molar-refractivity contribution in [2.45, 2.75) is 0 Å². The summed E-state index contributed by atoms with van der Waals surface area (Å²) in [7, 11) is 0. The molecule has 0 radical (unpaired) electrons. The lowest BCUT2D eigenvalue weighted by molar-refractivity contribution is 1.13. The highest BCUT2D eigenvalue weighted by Crippen LogP contribution is 2.39. The van der Waals surface area contributed by atoms with Crippen molar-refractivity contribution >= 4 is 32.5 Å². The number of hydrogen-bond acceptors (Lipinski definition) is 4. The minimum atomic E-state index is 0.685. The largest absolute Gasteiger partial charge is 0.309 e. The van der Waals surface area contributed by atoms with Gasteiger partial charge >= 0.3 is 0 Å². The van der Waals surface area contributed by atoms with Crippen molar-refractivity contribution in [3.05, 3.63) is 194 Å². The third kappa shape index (κ3) is 5.97. The molecule has 4 heterocycles. The molecule has 0 amide bonds. The lowest BCUT2D eigenvalue weighted by atomic mass is 9.94. The first-order valence-corrected chi connectivity index (χ1v) is 18.9. The van der Waals surface area contributed by atoms with Gasteiger partial charge in [0.15, 0.2) is 5.82 Å². The number of para-hydroxylation sites is 2. The molecule has 4 aromatic heterocycles. The van der Waals surface area contributed by atoms with E-state index in [1.807, 2.05) is 42.6 Å². The van der Waals surface area contributed by atoms with Crippen molar-refractivity contribution in [2.24, 2.45) is 0 Å². The molecule has 0 aliphatic heterocycles. The van der Waals surface area contributed by atoms with E-state index in [0.717, 1.165) is 77.5 Å². The molecule has 54 heavy (non-hydrogen) atoms. The Hall–Kier alpha value is -6.95. The highest BCUT2D eigenvalue weighted by Gasteiger charge is 2.17. The van der Waals surface area contributed by atoms with E-state index in [9.17, 15) is 0 Å². The fourth-order valence-corrected chi connectivity index (χ4v) is 8.00. The Morgan fingerprint density at radius 2 is 1.00 bits per heavy atom. The van der Waals surface area contributed by atoms with E-state index in [0.29, 0.717) is 5.82 Å². The van der Waals surface area contributed by atoms with Crippen LogP contribution in [-0.2, 0) is 0 Å². The summed E-state index contributed by atoms with van der Waals surface area (Å²) >= 11 is 1.67. The van der Waals surface area contributed by atoms with Gasteiger partial charge in [-0.3, -0.25) is 0 Å². The summed E-state index contributed by atoms with van der Waals surface area (Å²) < 4.78 is 2.36. The molecule has 10 aromatic rings. The smallest absolute Gasteiger partial charge is 0.160 e. The average Bonchev–Trinajstić information content (AvgIpc) is 3.89. The van der Waals surface area contributed by atoms with Crippen LogP contribution in [-0.4, -0.2) is 19.5 Å². The number of aromatic nitrogens is 4. The molecule has 0 bridgehead atoms. The summed E-state index contributed by atoms with van der Waals surface area (Å²) in [5.41, 5.74) is 13.7. The molecule has 0 unspecified atom stereocenters. The highest BCUT2D eigenvalue weighted by atomic mass is 32.1. The summed E-state index contributed by atoms with van der Waals surface area (Å²) in [6, 6.07) is 64.1. The Labute approximate surface area is 317 Å². The van der Waals surface area contributed by atoms with Crippen molar-refractivity contribution in [2.75, 3.05) is 0 Å². The van der Waals surface area contributed by atoms with Crippen LogP contribution in [0.25, 0.3) is 94.2 Å². The van der Waals surface area contributed by atoms with Crippen molar-refractivity contribution in [3.8, 4) is 73.1 Å². The Balaban J connectivity index is 1.17. The van der Waals surface area contributed by atoms with Gasteiger partial charge < -0.3 is 4.57 Å². The molecular formula is C49H32N4S. The van der Waals surface area contributed by atoms with E-state index < -0.39 is 0 Å². The second kappa shape index (κ2) is 13.6. The molecule has 10 rings (SSSR count). The van der Waals surface area contributed by atoms with Gasteiger partial charge in [0, 0.05) is 44.9 Å². The summed E-state index contributed by atoms with van der Waals surface area (Å²) in [6.45, 7) is 0. The summed E-state index contributed by atoms with van der Waals surface area (Å²) in [5, 5.41) is 4.44. The fourth-order valence-electron chi connectivity index (χ4n) is 7.28. The Bertz CT molecular complexity index is 2870. The zero-order valence-electron chi connectivity index (χ0n) is 29.2. The summed E-state index contributed by atoms with van der Waals surface area (Å²) in [6.07, 6.45) is 2.00. The van der Waals surface area contributed by atoms with Gasteiger partial charge in [-0.15, -0.1) is 11.3 Å². The maximum absolute atomic E-state index is 5.14. The predicted molar refractivity (Wildman–Crippen MR) is 225 cm³/mol. The summed E-state index contributed by atoms with van der Waals surface area (Å²) in [5.74, 6) is 0.685. The third-order valence-corrected chi connectivity index (χ3v) is 10.7. The van der Waals surface area contributed by atoms with Crippen molar-refractivity contribution in [1.82, 2.24) is 19.5 Å². The number of benzene rings is 6. The zero-order valence-corrected chi connectivity index (χ0v) is 30.0. The van der Waals surface area contributed by atoms with Gasteiger partial charge in [0.05, 0.1) is 22.6 Å². The van der Waals surface area contributed by atoms with E-state index in [2.05, 4.69) is 156 Å². The molecule has 0 N–H and O–H groups in total. The van der Waals surface area contributed by atoms with Crippen LogP contribution < -0.4 is 0 Å². The number of rotatable bonds is 7. The quantitative estimate of drug-likeness (QED) is 0.166. The van der Waals surface area contributed by atoms with Crippen molar-refractivity contribution in [3.63, 3.8) is 0 Å². The van der Waals surface area contributed by atoms with Crippen molar-refractivity contribution in [1.29, 1.82) is 0 Å². The van der Waals surface area contributed by atoms with E-state index in [-0.39, 0.29) is 0 Å². The van der Waals surface area contributed by atoms with E-state index in [1.165, 1.54) is 10.9 Å².